The van der Waals surface area contributed by atoms with E-state index in [-0.39, 0.29) is 5.90 Å². The molecule has 6 nitrogen and oxygen atoms in total. The van der Waals surface area contributed by atoms with Crippen molar-refractivity contribution in [2.24, 2.45) is 16.7 Å². The summed E-state index contributed by atoms with van der Waals surface area (Å²) in [5.41, 5.74) is -2.74. The highest BCUT2D eigenvalue weighted by molar-refractivity contribution is 7.12. The Morgan fingerprint density at radius 1 is 1.07 bits per heavy atom. The first-order valence-corrected chi connectivity index (χ1v) is 9.98. The van der Waals surface area contributed by atoms with Gasteiger partial charge in [0.2, 0.25) is 17.1 Å². The van der Waals surface area contributed by atoms with E-state index in [4.69, 9.17) is 14.9 Å². The average molecular weight is 402 g/mol. The van der Waals surface area contributed by atoms with Crippen LogP contribution in [-0.2, 0) is 15.9 Å². The monoisotopic (exact) mass is 402 g/mol. The van der Waals surface area contributed by atoms with Crippen LogP contribution in [0.4, 0.5) is 0 Å². The molecule has 0 spiro atoms. The first-order valence-electron chi connectivity index (χ1n) is 9.17. The van der Waals surface area contributed by atoms with E-state index in [0.29, 0.717) is 11.3 Å². The van der Waals surface area contributed by atoms with E-state index in [1.54, 1.807) is 6.92 Å². The Kier molecular flexibility index (Phi) is 4.24. The first kappa shape index (κ1) is 19.2. The molecule has 4 unspecified atom stereocenters. The zero-order valence-corrected chi connectivity index (χ0v) is 16.8. The number of benzene rings is 1. The molecule has 7 heteroatoms. The van der Waals surface area contributed by atoms with Crippen LogP contribution < -0.4 is 0 Å². The Labute approximate surface area is 173 Å². The molecule has 0 radical (unpaired) electrons. The topological polar surface area (TPSA) is 114 Å². The smallest absolute Gasteiger partial charge is 0.215 e. The SMILES string of the molecule is Cc1ccc(C2OC3(C)OC(=N)C(C#N)(C3Cc3ccccc3)C2(C#N)C#N)s1. The summed E-state index contributed by atoms with van der Waals surface area (Å²) in [7, 11) is 0. The van der Waals surface area contributed by atoms with Gasteiger partial charge in [0.15, 0.2) is 5.41 Å². The van der Waals surface area contributed by atoms with Gasteiger partial charge in [0, 0.05) is 16.7 Å². The lowest BCUT2D eigenvalue weighted by Crippen LogP contribution is -2.59. The molecule has 2 aliphatic rings. The quantitative estimate of drug-likeness (QED) is 0.824. The minimum atomic E-state index is -1.91. The molecule has 29 heavy (non-hydrogen) atoms. The van der Waals surface area contributed by atoms with Gasteiger partial charge in [0.25, 0.3) is 0 Å². The molecule has 1 aromatic heterocycles. The van der Waals surface area contributed by atoms with Gasteiger partial charge in [-0.05, 0) is 31.0 Å². The molecule has 144 valence electrons. The highest BCUT2D eigenvalue weighted by Gasteiger charge is 2.79. The highest BCUT2D eigenvalue weighted by Crippen LogP contribution is 2.67. The maximum atomic E-state index is 10.3. The average Bonchev–Trinajstić information content (AvgIpc) is 3.21. The van der Waals surface area contributed by atoms with E-state index in [1.807, 2.05) is 49.4 Å². The fourth-order valence-electron chi connectivity index (χ4n) is 4.58. The summed E-state index contributed by atoms with van der Waals surface area (Å²) >= 11 is 1.41. The molecule has 0 saturated carbocycles. The number of ether oxygens (including phenoxy) is 2. The van der Waals surface area contributed by atoms with Gasteiger partial charge in [-0.3, -0.25) is 5.41 Å². The summed E-state index contributed by atoms with van der Waals surface area (Å²) in [5, 5.41) is 39.3. The standard InChI is InChI=1S/C22H18N4O2S/c1-14-8-9-16(29-14)18-21(11-23,12-24)22(13-25)17(10-15-6-4-3-5-7-15)20(2,27-18)28-19(22)26/h3-9,17-18,26H,10H2,1-2H3. The molecular formula is C22H18N4O2S. The third kappa shape index (κ3) is 2.37. The number of nitrogens with one attached hydrogen (secondary N) is 1. The largest absolute Gasteiger partial charge is 0.448 e. The first-order chi connectivity index (χ1) is 13.9. The Balaban J connectivity index is 1.94. The van der Waals surface area contributed by atoms with Crippen LogP contribution in [0.15, 0.2) is 42.5 Å². The maximum absolute atomic E-state index is 10.3. The van der Waals surface area contributed by atoms with Crippen LogP contribution in [0.25, 0.3) is 0 Å². The van der Waals surface area contributed by atoms with Gasteiger partial charge in [-0.15, -0.1) is 11.3 Å². The third-order valence-corrected chi connectivity index (χ3v) is 7.06. The molecule has 4 rings (SSSR count). The molecule has 1 aromatic carbocycles. The minimum Gasteiger partial charge on any atom is -0.448 e. The van der Waals surface area contributed by atoms with Gasteiger partial charge >= 0.3 is 0 Å². The predicted octanol–water partition coefficient (Wildman–Crippen LogP) is 4.25. The van der Waals surface area contributed by atoms with E-state index in [1.165, 1.54) is 11.3 Å². The van der Waals surface area contributed by atoms with Crippen LogP contribution in [-0.4, -0.2) is 11.7 Å². The van der Waals surface area contributed by atoms with Crippen LogP contribution in [0, 0.1) is 63.1 Å². The molecule has 2 bridgehead atoms. The van der Waals surface area contributed by atoms with E-state index in [0.717, 1.165) is 10.4 Å². The Morgan fingerprint density at radius 2 is 1.76 bits per heavy atom. The molecule has 4 atom stereocenters. The summed E-state index contributed by atoms with van der Waals surface area (Å²) < 4.78 is 12.1. The van der Waals surface area contributed by atoms with Crippen molar-refractivity contribution >= 4 is 17.2 Å². The second-order valence-corrected chi connectivity index (χ2v) is 8.91. The van der Waals surface area contributed by atoms with Crippen molar-refractivity contribution < 1.29 is 9.47 Å². The molecule has 2 saturated heterocycles. The number of thiophene rings is 1. The minimum absolute atomic E-state index is 0.342. The van der Waals surface area contributed by atoms with Gasteiger partial charge in [-0.25, -0.2) is 0 Å². The number of rotatable bonds is 3. The number of nitriles is 3. The van der Waals surface area contributed by atoms with E-state index in [2.05, 4.69) is 18.2 Å². The van der Waals surface area contributed by atoms with E-state index < -0.39 is 28.6 Å². The highest BCUT2D eigenvalue weighted by atomic mass is 32.1. The van der Waals surface area contributed by atoms with E-state index in [9.17, 15) is 15.8 Å². The Hall–Kier alpha value is -3.18. The van der Waals surface area contributed by atoms with E-state index >= 15 is 0 Å². The van der Waals surface area contributed by atoms with Crippen LogP contribution in [0.2, 0.25) is 0 Å². The molecule has 3 heterocycles. The van der Waals surface area contributed by atoms with Crippen molar-refractivity contribution in [3.63, 3.8) is 0 Å². The molecule has 0 amide bonds. The molecule has 1 N–H and O–H groups in total. The third-order valence-electron chi connectivity index (χ3n) is 6.02. The lowest BCUT2D eigenvalue weighted by molar-refractivity contribution is -0.271. The van der Waals surface area contributed by atoms with Crippen molar-refractivity contribution in [3.8, 4) is 18.2 Å². The van der Waals surface area contributed by atoms with Gasteiger partial charge in [-0.1, -0.05) is 30.3 Å². The van der Waals surface area contributed by atoms with Gasteiger partial charge in [0.05, 0.1) is 24.1 Å². The van der Waals surface area contributed by atoms with Crippen LogP contribution in [0.1, 0.15) is 28.3 Å². The number of fused-ring (bicyclic) bond motifs is 2. The van der Waals surface area contributed by atoms with Crippen molar-refractivity contribution in [2.45, 2.75) is 32.2 Å². The van der Waals surface area contributed by atoms with Crippen molar-refractivity contribution in [1.29, 1.82) is 21.2 Å². The summed E-state index contributed by atoms with van der Waals surface area (Å²) in [4.78, 5) is 1.67. The number of nitrogens with zero attached hydrogens (tertiary/aromatic N) is 3. The molecular weight excluding hydrogens is 384 g/mol. The van der Waals surface area contributed by atoms with Gasteiger partial charge in [0.1, 0.15) is 6.10 Å². The van der Waals surface area contributed by atoms with Gasteiger partial charge in [-0.2, -0.15) is 15.8 Å². The van der Waals surface area contributed by atoms with Crippen LogP contribution in [0.3, 0.4) is 0 Å². The summed E-state index contributed by atoms with van der Waals surface area (Å²) in [6.07, 6.45) is -0.648. The fraction of sp³-hybridized carbons (Fsp3) is 0.364. The van der Waals surface area contributed by atoms with Crippen molar-refractivity contribution in [1.82, 2.24) is 0 Å². The van der Waals surface area contributed by atoms with Gasteiger partial charge < -0.3 is 9.47 Å². The summed E-state index contributed by atoms with van der Waals surface area (Å²) in [5.74, 6) is -2.36. The molecule has 2 aromatic rings. The van der Waals surface area contributed by atoms with Crippen molar-refractivity contribution in [3.05, 3.63) is 57.8 Å². The second-order valence-electron chi connectivity index (χ2n) is 7.59. The molecule has 2 aliphatic heterocycles. The predicted molar refractivity (Wildman–Crippen MR) is 105 cm³/mol. The lowest BCUT2D eigenvalue weighted by Gasteiger charge is -2.48. The number of hydrogen-bond acceptors (Lipinski definition) is 7. The summed E-state index contributed by atoms with van der Waals surface area (Å²) in [6, 6.07) is 19.5. The molecule has 2 fully saturated rings. The Bertz CT molecular complexity index is 1090. The normalized spacial score (nSPS) is 31.9. The van der Waals surface area contributed by atoms with Crippen LogP contribution in [0.5, 0.6) is 0 Å². The number of hydrogen-bond donors (Lipinski definition) is 1. The molecule has 0 aliphatic carbocycles. The second kappa shape index (κ2) is 6.42. The maximum Gasteiger partial charge on any atom is 0.215 e. The summed E-state index contributed by atoms with van der Waals surface area (Å²) in [6.45, 7) is 3.62. The number of aryl methyl sites for hydroxylation is 1. The Morgan fingerprint density at radius 3 is 2.31 bits per heavy atom. The zero-order chi connectivity index (χ0) is 20.9. The fourth-order valence-corrected chi connectivity index (χ4v) is 5.56. The zero-order valence-electron chi connectivity index (χ0n) is 16.0. The lowest BCUT2D eigenvalue weighted by atomic mass is 9.53. The van der Waals surface area contributed by atoms with Crippen LogP contribution >= 0.6 is 11.3 Å². The van der Waals surface area contributed by atoms with Crippen molar-refractivity contribution in [2.75, 3.05) is 0 Å².